The van der Waals surface area contributed by atoms with Gasteiger partial charge in [-0.15, -0.1) is 11.2 Å². The molecular weight excluding hydrogens is 226 g/mol. The van der Waals surface area contributed by atoms with Crippen molar-refractivity contribution in [3.05, 3.63) is 43.0 Å². The predicted molar refractivity (Wildman–Crippen MR) is 74.0 cm³/mol. The minimum Gasteiger partial charge on any atom is -0.327 e. The lowest BCUT2D eigenvalue weighted by molar-refractivity contribution is -1.10. The number of hydrogen-bond donors (Lipinski definition) is 0. The Balaban J connectivity index is 2.79. The van der Waals surface area contributed by atoms with Crippen LogP contribution in [-0.2, 0) is 4.74 Å². The van der Waals surface area contributed by atoms with E-state index in [1.807, 2.05) is 57.3 Å². The van der Waals surface area contributed by atoms with Gasteiger partial charge in [-0.1, -0.05) is 24.3 Å². The molecule has 1 rings (SSSR count). The van der Waals surface area contributed by atoms with Crippen molar-refractivity contribution in [2.24, 2.45) is 0 Å². The summed E-state index contributed by atoms with van der Waals surface area (Å²) in [6.45, 7) is 9.32. The highest BCUT2D eigenvalue weighted by molar-refractivity contribution is 5.20. The predicted octanol–water partition coefficient (Wildman–Crippen LogP) is 3.39. The molecule has 2 atom stereocenters. The lowest BCUT2D eigenvalue weighted by Gasteiger charge is -2.36. The summed E-state index contributed by atoms with van der Waals surface area (Å²) in [5.41, 5.74) is 0. The molecule has 0 spiro atoms. The first kappa shape index (κ1) is 14.7. The normalized spacial score (nSPS) is 15.7. The van der Waals surface area contributed by atoms with E-state index in [9.17, 15) is 0 Å². The molecule has 0 heterocycles. The van der Waals surface area contributed by atoms with Gasteiger partial charge in [0.15, 0.2) is 5.75 Å². The number of para-hydroxylation sites is 1. The Bertz CT molecular complexity index is 353. The molecule has 0 aliphatic rings. The molecule has 3 heteroatoms. The molecule has 0 fully saturated rings. The van der Waals surface area contributed by atoms with Gasteiger partial charge >= 0.3 is 0 Å². The molecule has 0 radical (unpaired) electrons. The van der Waals surface area contributed by atoms with Crippen LogP contribution < -0.4 is 4.84 Å². The van der Waals surface area contributed by atoms with Gasteiger partial charge < -0.3 is 9.57 Å². The molecule has 0 saturated heterocycles. The fraction of sp³-hybridized carbons (Fsp3) is 0.467. The van der Waals surface area contributed by atoms with Gasteiger partial charge in [0.1, 0.15) is 13.6 Å². The number of hydrogen-bond acceptors (Lipinski definition) is 2. The molecule has 0 saturated carbocycles. The summed E-state index contributed by atoms with van der Waals surface area (Å²) in [7, 11) is 2.04. The molecule has 0 aliphatic carbocycles. The minimum atomic E-state index is -0.0184. The summed E-state index contributed by atoms with van der Waals surface area (Å²) < 4.78 is 6.08. The van der Waals surface area contributed by atoms with E-state index >= 15 is 0 Å². The molecule has 1 aromatic rings. The number of benzene rings is 1. The molecule has 0 aromatic heterocycles. The first-order valence-electron chi connectivity index (χ1n) is 6.44. The molecule has 3 nitrogen and oxygen atoms in total. The van der Waals surface area contributed by atoms with E-state index < -0.39 is 0 Å². The van der Waals surface area contributed by atoms with E-state index in [0.717, 1.165) is 18.7 Å². The van der Waals surface area contributed by atoms with Crippen LogP contribution in [0, 0.1) is 0 Å². The van der Waals surface area contributed by atoms with Crippen LogP contribution in [0.2, 0.25) is 0 Å². The summed E-state index contributed by atoms with van der Waals surface area (Å²) in [6.07, 6.45) is 2.78. The van der Waals surface area contributed by atoms with Gasteiger partial charge in [-0.3, -0.25) is 0 Å². The van der Waals surface area contributed by atoms with Crippen LogP contribution in [0.5, 0.6) is 5.75 Å². The van der Waals surface area contributed by atoms with Gasteiger partial charge in [0.2, 0.25) is 6.23 Å². The Labute approximate surface area is 110 Å². The maximum atomic E-state index is 6.08. The zero-order valence-corrected chi connectivity index (χ0v) is 11.6. The average molecular weight is 250 g/mol. The van der Waals surface area contributed by atoms with Crippen LogP contribution in [0.1, 0.15) is 20.3 Å². The zero-order chi connectivity index (χ0) is 13.4. The Kier molecular flexibility index (Phi) is 5.89. The molecule has 0 N–H and O–H groups in total. The van der Waals surface area contributed by atoms with Gasteiger partial charge in [-0.2, -0.15) is 0 Å². The Morgan fingerprint density at radius 3 is 2.56 bits per heavy atom. The highest BCUT2D eigenvalue weighted by atomic mass is 16.7. The van der Waals surface area contributed by atoms with Crippen LogP contribution in [0.3, 0.4) is 0 Å². The lowest BCUT2D eigenvalue weighted by atomic mass is 10.3. The third-order valence-corrected chi connectivity index (χ3v) is 3.01. The van der Waals surface area contributed by atoms with Crippen LogP contribution >= 0.6 is 0 Å². The topological polar surface area (TPSA) is 18.5 Å². The fourth-order valence-electron chi connectivity index (χ4n) is 1.77. The second-order valence-corrected chi connectivity index (χ2v) is 4.43. The first-order chi connectivity index (χ1) is 8.62. The van der Waals surface area contributed by atoms with Gasteiger partial charge in [-0.25, -0.2) is 0 Å². The standard InChI is InChI=1S/C15H24NO2/c1-5-7-13-16(4,14(3)17-6-2)18-15-11-9-8-10-12-15/h5,8-12,14H,1,6-7,13H2,2-4H3/q+1. The van der Waals surface area contributed by atoms with Crippen molar-refractivity contribution in [1.82, 2.24) is 0 Å². The van der Waals surface area contributed by atoms with Crippen LogP contribution in [-0.4, -0.2) is 31.1 Å². The lowest BCUT2D eigenvalue weighted by Crippen LogP contribution is -2.55. The monoisotopic (exact) mass is 250 g/mol. The van der Waals surface area contributed by atoms with Crippen molar-refractivity contribution in [2.45, 2.75) is 26.5 Å². The quantitative estimate of drug-likeness (QED) is 0.305. The number of ether oxygens (including phenoxy) is 1. The van der Waals surface area contributed by atoms with Crippen LogP contribution in [0.4, 0.5) is 0 Å². The fourth-order valence-corrected chi connectivity index (χ4v) is 1.77. The molecule has 0 aliphatic heterocycles. The van der Waals surface area contributed by atoms with E-state index in [4.69, 9.17) is 9.57 Å². The second-order valence-electron chi connectivity index (χ2n) is 4.43. The molecular formula is C15H24NO2+. The van der Waals surface area contributed by atoms with E-state index in [1.165, 1.54) is 0 Å². The number of hydroxylamine groups is 3. The number of nitrogens with zero attached hydrogens (tertiary/aromatic N) is 1. The van der Waals surface area contributed by atoms with Crippen molar-refractivity contribution in [3.8, 4) is 5.75 Å². The average Bonchev–Trinajstić information content (AvgIpc) is 2.38. The van der Waals surface area contributed by atoms with Gasteiger partial charge in [0.25, 0.3) is 0 Å². The van der Waals surface area contributed by atoms with Crippen molar-refractivity contribution in [1.29, 1.82) is 0 Å². The zero-order valence-electron chi connectivity index (χ0n) is 11.6. The van der Waals surface area contributed by atoms with Crippen molar-refractivity contribution >= 4 is 0 Å². The van der Waals surface area contributed by atoms with Crippen LogP contribution in [0.15, 0.2) is 43.0 Å². The molecule has 0 bridgehead atoms. The highest BCUT2D eigenvalue weighted by Gasteiger charge is 2.32. The molecule has 100 valence electrons. The molecule has 18 heavy (non-hydrogen) atoms. The number of quaternary nitrogens is 1. The van der Waals surface area contributed by atoms with E-state index in [-0.39, 0.29) is 6.23 Å². The maximum absolute atomic E-state index is 6.08. The van der Waals surface area contributed by atoms with Crippen LogP contribution in [0.25, 0.3) is 0 Å². The second kappa shape index (κ2) is 7.19. The SMILES string of the molecule is C=CCC[N+](C)(Oc1ccccc1)C(C)OCC. The van der Waals surface area contributed by atoms with Gasteiger partial charge in [-0.05, 0) is 19.1 Å². The number of rotatable bonds is 8. The summed E-state index contributed by atoms with van der Waals surface area (Å²) >= 11 is 0. The summed E-state index contributed by atoms with van der Waals surface area (Å²) in [5.74, 6) is 0.857. The maximum Gasteiger partial charge on any atom is 0.228 e. The van der Waals surface area contributed by atoms with Crippen molar-refractivity contribution in [3.63, 3.8) is 0 Å². The third-order valence-electron chi connectivity index (χ3n) is 3.01. The Morgan fingerprint density at radius 2 is 2.00 bits per heavy atom. The highest BCUT2D eigenvalue weighted by Crippen LogP contribution is 2.19. The third kappa shape index (κ3) is 4.17. The largest absolute Gasteiger partial charge is 0.327 e. The summed E-state index contributed by atoms with van der Waals surface area (Å²) in [4.78, 5) is 6.08. The molecule has 2 unspecified atom stereocenters. The van der Waals surface area contributed by atoms with E-state index in [0.29, 0.717) is 11.3 Å². The smallest absolute Gasteiger partial charge is 0.228 e. The Hall–Kier alpha value is -1.32. The van der Waals surface area contributed by atoms with Gasteiger partial charge in [0.05, 0.1) is 6.61 Å². The Morgan fingerprint density at radius 1 is 1.33 bits per heavy atom. The summed E-state index contributed by atoms with van der Waals surface area (Å²) in [6, 6.07) is 9.84. The van der Waals surface area contributed by atoms with E-state index in [1.54, 1.807) is 0 Å². The van der Waals surface area contributed by atoms with Gasteiger partial charge in [0, 0.05) is 13.3 Å². The summed E-state index contributed by atoms with van der Waals surface area (Å²) in [5, 5.41) is 0. The van der Waals surface area contributed by atoms with Crippen molar-refractivity contribution in [2.75, 3.05) is 20.2 Å². The minimum absolute atomic E-state index is 0.0184. The first-order valence-corrected chi connectivity index (χ1v) is 6.44. The molecule has 0 amide bonds. The van der Waals surface area contributed by atoms with Crippen molar-refractivity contribution < 1.29 is 14.2 Å². The molecule has 1 aromatic carbocycles. The van der Waals surface area contributed by atoms with E-state index in [2.05, 4.69) is 6.58 Å².